The Labute approximate surface area is 107 Å². The number of thiophene rings is 1. The third kappa shape index (κ3) is 5.33. The summed E-state index contributed by atoms with van der Waals surface area (Å²) >= 11 is 1.72. The predicted molar refractivity (Wildman–Crippen MR) is 71.2 cm³/mol. The van der Waals surface area contributed by atoms with Crippen molar-refractivity contribution in [3.8, 4) is 0 Å². The average molecular weight is 255 g/mol. The van der Waals surface area contributed by atoms with Gasteiger partial charge in [-0.05, 0) is 31.7 Å². The molecule has 0 fully saturated rings. The highest BCUT2D eigenvalue weighted by Crippen LogP contribution is 2.22. The van der Waals surface area contributed by atoms with Gasteiger partial charge in [0.15, 0.2) is 0 Å². The van der Waals surface area contributed by atoms with Crippen molar-refractivity contribution < 1.29 is 9.53 Å². The van der Waals surface area contributed by atoms with Crippen molar-refractivity contribution in [2.24, 2.45) is 0 Å². The van der Waals surface area contributed by atoms with E-state index in [2.05, 4.69) is 23.7 Å². The van der Waals surface area contributed by atoms with Crippen LogP contribution in [0.3, 0.4) is 0 Å². The van der Waals surface area contributed by atoms with E-state index in [1.165, 1.54) is 4.88 Å². The van der Waals surface area contributed by atoms with Crippen LogP contribution in [0.5, 0.6) is 0 Å². The maximum atomic E-state index is 11.5. The molecule has 1 N–H and O–H groups in total. The molecule has 0 saturated heterocycles. The molecule has 1 heterocycles. The van der Waals surface area contributed by atoms with Crippen LogP contribution in [0.15, 0.2) is 17.5 Å². The number of nitrogens with one attached hydrogen (secondary N) is 1. The van der Waals surface area contributed by atoms with Gasteiger partial charge in [-0.15, -0.1) is 11.3 Å². The van der Waals surface area contributed by atoms with Crippen LogP contribution in [-0.2, 0) is 9.53 Å². The molecule has 0 aliphatic carbocycles. The Kier molecular flexibility index (Phi) is 6.22. The molecule has 1 aromatic heterocycles. The Balaban J connectivity index is 2.43. The summed E-state index contributed by atoms with van der Waals surface area (Å²) < 4.78 is 5.10. The molecular weight excluding hydrogens is 234 g/mol. The first-order valence-corrected chi connectivity index (χ1v) is 6.97. The van der Waals surface area contributed by atoms with Gasteiger partial charge >= 0.3 is 5.97 Å². The van der Waals surface area contributed by atoms with Crippen LogP contribution in [0.1, 0.15) is 44.5 Å². The standard InChI is InChI=1S/C13H21NO2S/c1-4-6-11(12-7-5-8-17-12)14-9-13(15)16-10(2)3/h5,7-8,10-11,14H,4,6,9H2,1-3H3. The Morgan fingerprint density at radius 2 is 2.29 bits per heavy atom. The molecule has 0 aliphatic heterocycles. The number of hydrogen-bond donors (Lipinski definition) is 1. The van der Waals surface area contributed by atoms with Crippen molar-refractivity contribution >= 4 is 17.3 Å². The minimum Gasteiger partial charge on any atom is -0.462 e. The summed E-state index contributed by atoms with van der Waals surface area (Å²) in [5.74, 6) is -0.183. The fourth-order valence-electron chi connectivity index (χ4n) is 1.63. The van der Waals surface area contributed by atoms with Crippen LogP contribution < -0.4 is 5.32 Å². The predicted octanol–water partition coefficient (Wildman–Crippen LogP) is 3.13. The minimum atomic E-state index is -0.183. The second-order valence-corrected chi connectivity index (χ2v) is 5.26. The summed E-state index contributed by atoms with van der Waals surface area (Å²) in [6, 6.07) is 4.41. The van der Waals surface area contributed by atoms with Crippen LogP contribution in [-0.4, -0.2) is 18.6 Å². The van der Waals surface area contributed by atoms with Crippen molar-refractivity contribution in [2.45, 2.75) is 45.8 Å². The molecule has 4 heteroatoms. The lowest BCUT2D eigenvalue weighted by atomic mass is 10.1. The first-order chi connectivity index (χ1) is 8.13. The van der Waals surface area contributed by atoms with Crippen molar-refractivity contribution in [2.75, 3.05) is 6.54 Å². The molecular formula is C13H21NO2S. The second-order valence-electron chi connectivity index (χ2n) is 4.28. The molecule has 0 aliphatic rings. The van der Waals surface area contributed by atoms with Gasteiger partial charge in [0.1, 0.15) is 0 Å². The maximum absolute atomic E-state index is 11.5. The zero-order valence-electron chi connectivity index (χ0n) is 10.7. The van der Waals surface area contributed by atoms with E-state index in [1.807, 2.05) is 19.9 Å². The summed E-state index contributed by atoms with van der Waals surface area (Å²) in [5, 5.41) is 5.33. The summed E-state index contributed by atoms with van der Waals surface area (Å²) in [7, 11) is 0. The van der Waals surface area contributed by atoms with Gasteiger partial charge < -0.3 is 4.74 Å². The molecule has 0 radical (unpaired) electrons. The van der Waals surface area contributed by atoms with E-state index in [0.717, 1.165) is 12.8 Å². The fraction of sp³-hybridized carbons (Fsp3) is 0.615. The average Bonchev–Trinajstić information content (AvgIpc) is 2.76. The van der Waals surface area contributed by atoms with Crippen molar-refractivity contribution in [1.29, 1.82) is 0 Å². The van der Waals surface area contributed by atoms with Gasteiger partial charge in [-0.3, -0.25) is 10.1 Å². The van der Waals surface area contributed by atoms with E-state index < -0.39 is 0 Å². The van der Waals surface area contributed by atoms with Gasteiger partial charge in [-0.25, -0.2) is 0 Å². The first-order valence-electron chi connectivity index (χ1n) is 6.09. The Morgan fingerprint density at radius 1 is 1.53 bits per heavy atom. The monoisotopic (exact) mass is 255 g/mol. The summed E-state index contributed by atoms with van der Waals surface area (Å²) in [5.41, 5.74) is 0. The second kappa shape index (κ2) is 7.45. The number of hydrogen-bond acceptors (Lipinski definition) is 4. The lowest BCUT2D eigenvalue weighted by Crippen LogP contribution is -2.29. The highest BCUT2D eigenvalue weighted by atomic mass is 32.1. The Bertz CT molecular complexity index is 322. The molecule has 3 nitrogen and oxygen atoms in total. The normalized spacial score (nSPS) is 12.7. The molecule has 0 amide bonds. The van der Waals surface area contributed by atoms with Gasteiger partial charge in [-0.2, -0.15) is 0 Å². The Morgan fingerprint density at radius 3 is 2.82 bits per heavy atom. The number of carbonyl (C=O) groups excluding carboxylic acids is 1. The number of esters is 1. The van der Waals surface area contributed by atoms with E-state index in [-0.39, 0.29) is 24.7 Å². The van der Waals surface area contributed by atoms with Gasteiger partial charge in [0.2, 0.25) is 0 Å². The van der Waals surface area contributed by atoms with Gasteiger partial charge in [0.25, 0.3) is 0 Å². The van der Waals surface area contributed by atoms with Crippen molar-refractivity contribution in [3.05, 3.63) is 22.4 Å². The van der Waals surface area contributed by atoms with E-state index in [4.69, 9.17) is 4.74 Å². The van der Waals surface area contributed by atoms with Crippen LogP contribution in [0.4, 0.5) is 0 Å². The molecule has 0 saturated carbocycles. The van der Waals surface area contributed by atoms with Crippen molar-refractivity contribution in [1.82, 2.24) is 5.32 Å². The summed E-state index contributed by atoms with van der Waals surface area (Å²) in [4.78, 5) is 12.7. The first kappa shape index (κ1) is 14.2. The van der Waals surface area contributed by atoms with Gasteiger partial charge in [-0.1, -0.05) is 19.4 Å². The largest absolute Gasteiger partial charge is 0.462 e. The quantitative estimate of drug-likeness (QED) is 0.761. The van der Waals surface area contributed by atoms with Crippen molar-refractivity contribution in [3.63, 3.8) is 0 Å². The lowest BCUT2D eigenvalue weighted by Gasteiger charge is -2.16. The van der Waals surface area contributed by atoms with E-state index in [1.54, 1.807) is 11.3 Å². The topological polar surface area (TPSA) is 38.3 Å². The maximum Gasteiger partial charge on any atom is 0.320 e. The number of ether oxygens (including phenoxy) is 1. The van der Waals surface area contributed by atoms with Gasteiger partial charge in [0.05, 0.1) is 12.6 Å². The molecule has 1 aromatic rings. The number of carbonyl (C=O) groups is 1. The highest BCUT2D eigenvalue weighted by molar-refractivity contribution is 7.10. The molecule has 96 valence electrons. The molecule has 17 heavy (non-hydrogen) atoms. The zero-order valence-corrected chi connectivity index (χ0v) is 11.5. The molecule has 0 aromatic carbocycles. The van der Waals surface area contributed by atoms with Gasteiger partial charge in [0, 0.05) is 10.9 Å². The third-order valence-corrected chi connectivity index (χ3v) is 3.31. The van der Waals surface area contributed by atoms with Crippen LogP contribution in [0, 0.1) is 0 Å². The van der Waals surface area contributed by atoms with Crippen LogP contribution in [0.2, 0.25) is 0 Å². The minimum absolute atomic E-state index is 0.0457. The molecule has 1 rings (SSSR count). The lowest BCUT2D eigenvalue weighted by molar-refractivity contribution is -0.146. The Hall–Kier alpha value is -0.870. The smallest absolute Gasteiger partial charge is 0.320 e. The highest BCUT2D eigenvalue weighted by Gasteiger charge is 2.13. The molecule has 1 unspecified atom stereocenters. The summed E-state index contributed by atoms with van der Waals surface area (Å²) in [6.45, 7) is 6.15. The van der Waals surface area contributed by atoms with E-state index in [0.29, 0.717) is 0 Å². The summed E-state index contributed by atoms with van der Waals surface area (Å²) in [6.07, 6.45) is 2.08. The number of rotatable bonds is 7. The van der Waals surface area contributed by atoms with Crippen LogP contribution >= 0.6 is 11.3 Å². The molecule has 0 spiro atoms. The third-order valence-electron chi connectivity index (χ3n) is 2.32. The van der Waals surface area contributed by atoms with E-state index in [9.17, 15) is 4.79 Å². The SMILES string of the molecule is CCCC(NCC(=O)OC(C)C)c1cccs1. The molecule has 1 atom stereocenters. The fourth-order valence-corrected chi connectivity index (χ4v) is 2.47. The zero-order chi connectivity index (χ0) is 12.7. The molecule has 0 bridgehead atoms. The van der Waals surface area contributed by atoms with Crippen LogP contribution in [0.25, 0.3) is 0 Å². The van der Waals surface area contributed by atoms with E-state index >= 15 is 0 Å².